The lowest BCUT2D eigenvalue weighted by atomic mass is 9.72. The van der Waals surface area contributed by atoms with Crippen LogP contribution in [0.3, 0.4) is 0 Å². The van der Waals surface area contributed by atoms with Gasteiger partial charge in [-0.1, -0.05) is 55.3 Å². The lowest BCUT2D eigenvalue weighted by Gasteiger charge is -2.38. The highest BCUT2D eigenvalue weighted by Gasteiger charge is 2.43. The molecule has 3 rings (SSSR count). The van der Waals surface area contributed by atoms with E-state index in [0.29, 0.717) is 18.9 Å². The number of piperidine rings is 1. The highest BCUT2D eigenvalue weighted by molar-refractivity contribution is 6.32. The molecule has 6 nitrogen and oxygen atoms in total. The molecule has 0 radical (unpaired) electrons. The van der Waals surface area contributed by atoms with Gasteiger partial charge in [-0.05, 0) is 52.4 Å². The number of rotatable bonds is 5. The Morgan fingerprint density at radius 2 is 1.74 bits per heavy atom. The molecular formula is C25H36ClF2N3O3. The fraction of sp³-hybridized carbons (Fsp3) is 0.560. The summed E-state index contributed by atoms with van der Waals surface area (Å²) in [7, 11) is 3.58. The third-order valence-electron chi connectivity index (χ3n) is 5.82. The van der Waals surface area contributed by atoms with Crippen LogP contribution in [0.15, 0.2) is 24.3 Å². The average molecular weight is 500 g/mol. The molecule has 1 saturated heterocycles. The molecule has 1 aliphatic rings. The molecule has 9 heteroatoms. The first-order chi connectivity index (χ1) is 16.0. The zero-order chi connectivity index (χ0) is 26.1. The van der Waals surface area contributed by atoms with Crippen molar-refractivity contribution in [3.8, 4) is 0 Å². The number of aryl methyl sites for hydroxylation is 1. The summed E-state index contributed by atoms with van der Waals surface area (Å²) in [4.78, 5) is 24.7. The number of ether oxygens (including phenoxy) is 1. The monoisotopic (exact) mass is 499 g/mol. The van der Waals surface area contributed by atoms with Crippen molar-refractivity contribution >= 4 is 23.9 Å². The number of halogens is 3. The molecule has 1 aromatic carbocycles. The molecule has 2 aromatic rings. The first-order valence-corrected chi connectivity index (χ1v) is 11.7. The Morgan fingerprint density at radius 3 is 2.15 bits per heavy atom. The minimum absolute atomic E-state index is 0.0678. The molecular weight excluding hydrogens is 464 g/mol. The van der Waals surface area contributed by atoms with Crippen LogP contribution < -0.4 is 0 Å². The van der Waals surface area contributed by atoms with Crippen LogP contribution in [-0.4, -0.2) is 54.2 Å². The van der Waals surface area contributed by atoms with Crippen LogP contribution in [0.25, 0.3) is 0 Å². The van der Waals surface area contributed by atoms with Gasteiger partial charge >= 0.3 is 5.97 Å². The Labute approximate surface area is 206 Å². The van der Waals surface area contributed by atoms with Crippen molar-refractivity contribution < 1.29 is 23.1 Å². The van der Waals surface area contributed by atoms with E-state index in [0.717, 1.165) is 36.2 Å². The number of aldehydes is 1. The summed E-state index contributed by atoms with van der Waals surface area (Å²) in [5.74, 6) is -3.19. The van der Waals surface area contributed by atoms with Crippen LogP contribution in [0.5, 0.6) is 0 Å². The van der Waals surface area contributed by atoms with Crippen LogP contribution in [0.1, 0.15) is 56.1 Å². The predicted octanol–water partition coefficient (Wildman–Crippen LogP) is 5.31. The summed E-state index contributed by atoms with van der Waals surface area (Å²) in [6.45, 7) is 10.1. The highest BCUT2D eigenvalue weighted by atomic mass is 35.5. The molecule has 0 bridgehead atoms. The molecule has 0 unspecified atom stereocenters. The zero-order valence-electron chi connectivity index (χ0n) is 21.1. The Hall–Kier alpha value is -2.32. The summed E-state index contributed by atoms with van der Waals surface area (Å²) in [6.07, 6.45) is 2.24. The number of hydrogen-bond acceptors (Lipinski definition) is 5. The molecule has 1 aliphatic heterocycles. The molecule has 0 atom stereocenters. The molecule has 0 spiro atoms. The van der Waals surface area contributed by atoms with E-state index in [2.05, 4.69) is 48.2 Å². The third kappa shape index (κ3) is 7.09. The van der Waals surface area contributed by atoms with Crippen molar-refractivity contribution in [3.63, 3.8) is 0 Å². The zero-order valence-corrected chi connectivity index (χ0v) is 21.9. The van der Waals surface area contributed by atoms with Crippen molar-refractivity contribution in [3.05, 3.63) is 51.8 Å². The Morgan fingerprint density at radius 1 is 1.21 bits per heavy atom. The van der Waals surface area contributed by atoms with Crippen LogP contribution >= 0.6 is 11.6 Å². The number of hydrogen-bond donors (Lipinski definition) is 0. The van der Waals surface area contributed by atoms with Crippen LogP contribution in [-0.2, 0) is 32.2 Å². The maximum absolute atomic E-state index is 12.9. The summed E-state index contributed by atoms with van der Waals surface area (Å²) < 4.78 is 32.0. The third-order valence-corrected chi connectivity index (χ3v) is 6.27. The molecule has 0 saturated carbocycles. The lowest BCUT2D eigenvalue weighted by Crippen LogP contribution is -2.46. The van der Waals surface area contributed by atoms with Crippen LogP contribution in [0, 0.1) is 13.8 Å². The van der Waals surface area contributed by atoms with E-state index in [1.165, 1.54) is 19.6 Å². The number of alkyl halides is 2. The fourth-order valence-electron chi connectivity index (χ4n) is 3.73. The molecule has 2 heterocycles. The number of aromatic nitrogens is 2. The Kier molecular flexibility index (Phi) is 11.3. The van der Waals surface area contributed by atoms with Crippen LogP contribution in [0.4, 0.5) is 8.78 Å². The van der Waals surface area contributed by atoms with Gasteiger partial charge in [0, 0.05) is 6.92 Å². The van der Waals surface area contributed by atoms with Gasteiger partial charge in [-0.2, -0.15) is 13.9 Å². The van der Waals surface area contributed by atoms with Gasteiger partial charge in [-0.25, -0.2) is 0 Å². The number of methoxy groups -OCH3 is 1. The molecule has 1 aromatic heterocycles. The van der Waals surface area contributed by atoms with Gasteiger partial charge in [0.1, 0.15) is 12.0 Å². The van der Waals surface area contributed by atoms with Crippen molar-refractivity contribution in [2.24, 2.45) is 0 Å². The van der Waals surface area contributed by atoms with E-state index < -0.39 is 17.0 Å². The normalized spacial score (nSPS) is 15.4. The number of likely N-dealkylation sites (tertiary alicyclic amines) is 1. The topological polar surface area (TPSA) is 64.4 Å². The standard InChI is InChI=1S/C15H21NO2.C8H9ClF2N2O.C2H6/c1-12-4-6-13(7-5-12)15(14(17)18-3)8-10-16(2)11-9-15;1-5-6(9)7(8(2,10)11)12-13(5)3-4-14;1-2/h4-7H,8-11H2,1-3H3;4H,3H2,1-2H3;1-2H3. The van der Waals surface area contributed by atoms with Crippen molar-refractivity contribution in [2.45, 2.75) is 65.3 Å². The molecule has 34 heavy (non-hydrogen) atoms. The quantitative estimate of drug-likeness (QED) is 0.412. The first kappa shape index (κ1) is 29.7. The Bertz CT molecular complexity index is 932. The van der Waals surface area contributed by atoms with Gasteiger partial charge in [0.05, 0.1) is 29.8 Å². The van der Waals surface area contributed by atoms with E-state index in [9.17, 15) is 18.4 Å². The number of esters is 1. The van der Waals surface area contributed by atoms with E-state index >= 15 is 0 Å². The number of benzene rings is 1. The van der Waals surface area contributed by atoms with E-state index in [1.807, 2.05) is 13.8 Å². The summed E-state index contributed by atoms with van der Waals surface area (Å²) in [5.41, 5.74) is 1.74. The Balaban J connectivity index is 0.000000326. The molecule has 190 valence electrons. The summed E-state index contributed by atoms with van der Waals surface area (Å²) >= 11 is 5.66. The molecule has 0 aliphatic carbocycles. The second-order valence-corrected chi connectivity index (χ2v) is 8.61. The predicted molar refractivity (Wildman–Crippen MR) is 131 cm³/mol. The summed E-state index contributed by atoms with van der Waals surface area (Å²) in [6, 6.07) is 8.27. The van der Waals surface area contributed by atoms with Crippen LogP contribution in [0.2, 0.25) is 5.02 Å². The largest absolute Gasteiger partial charge is 0.468 e. The van der Waals surface area contributed by atoms with Crippen molar-refractivity contribution in [2.75, 3.05) is 27.2 Å². The van der Waals surface area contributed by atoms with E-state index in [1.54, 1.807) is 0 Å². The second-order valence-electron chi connectivity index (χ2n) is 8.23. The van der Waals surface area contributed by atoms with E-state index in [-0.39, 0.29) is 17.5 Å². The van der Waals surface area contributed by atoms with Gasteiger partial charge in [0.2, 0.25) is 0 Å². The SMILES string of the molecule is CC.COC(=O)C1(c2ccc(C)cc2)CCN(C)CC1.Cc1c(Cl)c(C(C)(F)F)nn1CC=O. The molecule has 0 amide bonds. The van der Waals surface area contributed by atoms with Gasteiger partial charge in [-0.15, -0.1) is 0 Å². The molecule has 1 fully saturated rings. The van der Waals surface area contributed by atoms with Gasteiger partial charge < -0.3 is 14.4 Å². The average Bonchev–Trinajstić information content (AvgIpc) is 3.11. The summed E-state index contributed by atoms with van der Waals surface area (Å²) in [5, 5.41) is 3.49. The van der Waals surface area contributed by atoms with Gasteiger partial charge in [-0.3, -0.25) is 9.48 Å². The maximum atomic E-state index is 12.9. The minimum atomic E-state index is -3.09. The number of carbonyl (C=O) groups is 2. The van der Waals surface area contributed by atoms with E-state index in [4.69, 9.17) is 16.3 Å². The number of carbonyl (C=O) groups excluding carboxylic acids is 2. The fourth-order valence-corrected chi connectivity index (χ4v) is 4.03. The maximum Gasteiger partial charge on any atom is 0.316 e. The van der Waals surface area contributed by atoms with Gasteiger partial charge in [0.25, 0.3) is 5.92 Å². The second kappa shape index (κ2) is 13.0. The lowest BCUT2D eigenvalue weighted by molar-refractivity contribution is -0.149. The highest BCUT2D eigenvalue weighted by Crippen LogP contribution is 2.36. The van der Waals surface area contributed by atoms with Crippen molar-refractivity contribution in [1.82, 2.24) is 14.7 Å². The minimum Gasteiger partial charge on any atom is -0.468 e. The van der Waals surface area contributed by atoms with Crippen molar-refractivity contribution in [1.29, 1.82) is 0 Å². The first-order valence-electron chi connectivity index (χ1n) is 11.3. The smallest absolute Gasteiger partial charge is 0.316 e. The number of nitrogens with zero attached hydrogens (tertiary/aromatic N) is 3. The molecule has 0 N–H and O–H groups in total. The van der Waals surface area contributed by atoms with Gasteiger partial charge in [0.15, 0.2) is 0 Å².